The third-order valence-corrected chi connectivity index (χ3v) is 6.46. The number of aliphatic hydroxyl groups is 1. The Morgan fingerprint density at radius 3 is 2.50 bits per heavy atom. The monoisotopic (exact) mass is 362 g/mol. The molecule has 26 heavy (non-hydrogen) atoms. The van der Waals surface area contributed by atoms with Crippen LogP contribution in [0.2, 0.25) is 0 Å². The van der Waals surface area contributed by atoms with Crippen LogP contribution in [0.4, 0.5) is 0 Å². The number of carboxylic acid groups (broad SMARTS) is 1. The molecule has 2 bridgehead atoms. The molecule has 2 N–H and O–H groups in total. The predicted molar refractivity (Wildman–Crippen MR) is 107 cm³/mol. The number of unbranched alkanes of at least 4 members (excludes halogenated alkanes) is 3. The van der Waals surface area contributed by atoms with Gasteiger partial charge in [0.25, 0.3) is 0 Å². The first-order valence-electron chi connectivity index (χ1n) is 10.8. The molecule has 3 aliphatic carbocycles. The van der Waals surface area contributed by atoms with Gasteiger partial charge in [-0.1, -0.05) is 50.5 Å². The van der Waals surface area contributed by atoms with Crippen molar-refractivity contribution in [2.24, 2.45) is 23.7 Å². The van der Waals surface area contributed by atoms with Gasteiger partial charge in [0.1, 0.15) is 0 Å². The van der Waals surface area contributed by atoms with Gasteiger partial charge in [-0.15, -0.1) is 0 Å². The van der Waals surface area contributed by atoms with Crippen LogP contribution in [0.5, 0.6) is 0 Å². The molecule has 3 rings (SSSR count). The summed E-state index contributed by atoms with van der Waals surface area (Å²) >= 11 is 0. The topological polar surface area (TPSA) is 57.5 Å². The second-order valence-electron chi connectivity index (χ2n) is 8.36. The van der Waals surface area contributed by atoms with E-state index in [1.165, 1.54) is 38.5 Å². The van der Waals surface area contributed by atoms with Gasteiger partial charge < -0.3 is 10.2 Å². The Morgan fingerprint density at radius 1 is 1.08 bits per heavy atom. The van der Waals surface area contributed by atoms with E-state index in [1.807, 2.05) is 0 Å². The molecule has 0 aromatic rings. The number of aliphatic hydroxyl groups excluding tert-OH is 1. The summed E-state index contributed by atoms with van der Waals surface area (Å²) in [6, 6.07) is 0. The maximum absolute atomic E-state index is 10.6. The summed E-state index contributed by atoms with van der Waals surface area (Å²) in [6.45, 7) is 2.20. The molecule has 0 saturated heterocycles. The van der Waals surface area contributed by atoms with Gasteiger partial charge in [0.15, 0.2) is 0 Å². The Hall–Kier alpha value is -1.09. The van der Waals surface area contributed by atoms with Gasteiger partial charge >= 0.3 is 5.97 Å². The summed E-state index contributed by atoms with van der Waals surface area (Å²) in [4.78, 5) is 10.6. The fraction of sp³-hybridized carbons (Fsp3) is 0.783. The zero-order chi connectivity index (χ0) is 18.8. The lowest BCUT2D eigenvalue weighted by Crippen LogP contribution is -2.39. The van der Waals surface area contributed by atoms with Crippen LogP contribution in [-0.4, -0.2) is 22.3 Å². The van der Waals surface area contributed by atoms with Crippen molar-refractivity contribution in [1.29, 1.82) is 0 Å². The summed E-state index contributed by atoms with van der Waals surface area (Å²) < 4.78 is 0. The molecular weight excluding hydrogens is 324 g/mol. The molecule has 0 radical (unpaired) electrons. The van der Waals surface area contributed by atoms with Gasteiger partial charge in [0.2, 0.25) is 0 Å². The van der Waals surface area contributed by atoms with E-state index in [0.717, 1.165) is 43.9 Å². The van der Waals surface area contributed by atoms with Crippen LogP contribution in [0.1, 0.15) is 84.0 Å². The van der Waals surface area contributed by atoms with E-state index in [-0.39, 0.29) is 12.5 Å². The third kappa shape index (κ3) is 6.90. The molecule has 3 nitrogen and oxygen atoms in total. The molecule has 3 heteroatoms. The Balaban J connectivity index is 1.84. The maximum atomic E-state index is 10.6. The van der Waals surface area contributed by atoms with Gasteiger partial charge in [0.05, 0.1) is 6.10 Å². The minimum atomic E-state index is -0.703. The van der Waals surface area contributed by atoms with Crippen molar-refractivity contribution in [1.82, 2.24) is 0 Å². The van der Waals surface area contributed by atoms with Gasteiger partial charge in [-0.2, -0.15) is 0 Å². The molecular formula is C23H38O3. The number of allylic oxidation sites excluding steroid dienone is 3. The molecule has 3 fully saturated rings. The first kappa shape index (κ1) is 21.2. The SMILES string of the molecule is CCCCC[C@H](O)/C=C/[C@H]1C2CCC(CC2)[C@@H]1C/C=C\CCCC(=O)O. The molecule has 0 heterocycles. The summed E-state index contributed by atoms with van der Waals surface area (Å²) in [6.07, 6.45) is 21.4. The number of fused-ring (bicyclic) bond motifs is 3. The number of hydrogen-bond donors (Lipinski definition) is 2. The van der Waals surface area contributed by atoms with Crippen LogP contribution in [0, 0.1) is 23.7 Å². The van der Waals surface area contributed by atoms with E-state index in [0.29, 0.717) is 11.8 Å². The fourth-order valence-corrected chi connectivity index (χ4v) is 4.97. The Bertz CT molecular complexity index is 460. The molecule has 148 valence electrons. The lowest BCUT2D eigenvalue weighted by atomic mass is 9.57. The highest BCUT2D eigenvalue weighted by atomic mass is 16.4. The zero-order valence-corrected chi connectivity index (χ0v) is 16.5. The highest BCUT2D eigenvalue weighted by Gasteiger charge is 2.41. The highest BCUT2D eigenvalue weighted by molar-refractivity contribution is 5.66. The number of rotatable bonds is 12. The number of hydrogen-bond acceptors (Lipinski definition) is 2. The summed E-state index contributed by atoms with van der Waals surface area (Å²) in [5, 5.41) is 18.9. The minimum Gasteiger partial charge on any atom is -0.481 e. The average molecular weight is 363 g/mol. The van der Waals surface area contributed by atoms with E-state index in [2.05, 4.69) is 31.2 Å². The molecule has 0 unspecified atom stereocenters. The second kappa shape index (κ2) is 11.6. The van der Waals surface area contributed by atoms with Crippen LogP contribution < -0.4 is 0 Å². The Kier molecular flexibility index (Phi) is 9.45. The summed E-state index contributed by atoms with van der Waals surface area (Å²) in [5.41, 5.74) is 0. The maximum Gasteiger partial charge on any atom is 0.303 e. The fourth-order valence-electron chi connectivity index (χ4n) is 4.97. The zero-order valence-electron chi connectivity index (χ0n) is 16.5. The predicted octanol–water partition coefficient (Wildman–Crippen LogP) is 5.74. The van der Waals surface area contributed by atoms with Crippen molar-refractivity contribution in [2.45, 2.75) is 90.1 Å². The van der Waals surface area contributed by atoms with Crippen molar-refractivity contribution in [3.05, 3.63) is 24.3 Å². The van der Waals surface area contributed by atoms with E-state index in [4.69, 9.17) is 5.11 Å². The summed E-state index contributed by atoms with van der Waals surface area (Å²) in [5.74, 6) is 2.25. The van der Waals surface area contributed by atoms with Crippen LogP contribution in [0.3, 0.4) is 0 Å². The van der Waals surface area contributed by atoms with Gasteiger partial charge in [-0.3, -0.25) is 4.79 Å². The highest BCUT2D eigenvalue weighted by Crippen LogP contribution is 2.50. The lowest BCUT2D eigenvalue weighted by molar-refractivity contribution is -0.137. The van der Waals surface area contributed by atoms with Crippen molar-refractivity contribution < 1.29 is 15.0 Å². The van der Waals surface area contributed by atoms with E-state index in [1.54, 1.807) is 0 Å². The Morgan fingerprint density at radius 2 is 1.81 bits per heavy atom. The quantitative estimate of drug-likeness (QED) is 0.344. The van der Waals surface area contributed by atoms with E-state index >= 15 is 0 Å². The number of carboxylic acids is 1. The molecule has 0 aromatic carbocycles. The lowest BCUT2D eigenvalue weighted by Gasteiger charge is -2.47. The number of carbonyl (C=O) groups is 1. The third-order valence-electron chi connectivity index (χ3n) is 6.46. The molecule has 3 atom stereocenters. The van der Waals surface area contributed by atoms with E-state index in [9.17, 15) is 9.90 Å². The number of aliphatic carboxylic acids is 1. The van der Waals surface area contributed by atoms with Crippen LogP contribution in [0.25, 0.3) is 0 Å². The molecule has 3 saturated carbocycles. The van der Waals surface area contributed by atoms with Crippen molar-refractivity contribution in [3.63, 3.8) is 0 Å². The van der Waals surface area contributed by atoms with Crippen molar-refractivity contribution >= 4 is 5.97 Å². The average Bonchev–Trinajstić information content (AvgIpc) is 2.64. The van der Waals surface area contributed by atoms with Crippen molar-refractivity contribution in [3.8, 4) is 0 Å². The molecule has 0 aliphatic heterocycles. The van der Waals surface area contributed by atoms with Crippen LogP contribution >= 0.6 is 0 Å². The van der Waals surface area contributed by atoms with E-state index < -0.39 is 5.97 Å². The van der Waals surface area contributed by atoms with Crippen LogP contribution in [-0.2, 0) is 4.79 Å². The van der Waals surface area contributed by atoms with Gasteiger partial charge in [0, 0.05) is 6.42 Å². The Labute approximate surface area is 159 Å². The minimum absolute atomic E-state index is 0.264. The largest absolute Gasteiger partial charge is 0.481 e. The second-order valence-corrected chi connectivity index (χ2v) is 8.36. The molecule has 0 spiro atoms. The smallest absolute Gasteiger partial charge is 0.303 e. The first-order chi connectivity index (χ1) is 12.6. The van der Waals surface area contributed by atoms with Crippen LogP contribution in [0.15, 0.2) is 24.3 Å². The normalized spacial score (nSPS) is 29.6. The van der Waals surface area contributed by atoms with Gasteiger partial charge in [-0.25, -0.2) is 0 Å². The van der Waals surface area contributed by atoms with Gasteiger partial charge in [-0.05, 0) is 75.0 Å². The summed E-state index contributed by atoms with van der Waals surface area (Å²) in [7, 11) is 0. The van der Waals surface area contributed by atoms with Crippen molar-refractivity contribution in [2.75, 3.05) is 0 Å². The molecule has 0 aromatic heterocycles. The first-order valence-corrected chi connectivity index (χ1v) is 10.8. The molecule has 0 amide bonds. The molecule has 3 aliphatic rings. The standard InChI is InChI=1S/C23H38O3/c1-2-3-6-9-20(24)16-17-22-19-14-12-18(13-15-19)21(22)10-7-4-5-8-11-23(25)26/h4,7,16-22,24H,2-3,5-6,8-15H2,1H3,(H,25,26)/b7-4-,17-16+/t18?,19?,20-,21-,22-/m0/s1.